The van der Waals surface area contributed by atoms with Crippen molar-refractivity contribution in [2.24, 2.45) is 5.92 Å². The second kappa shape index (κ2) is 5.41. The molecule has 1 atom stereocenters. The van der Waals surface area contributed by atoms with Gasteiger partial charge in [-0.25, -0.2) is 4.39 Å². The fourth-order valence-electron chi connectivity index (χ4n) is 2.31. The lowest BCUT2D eigenvalue weighted by atomic mass is 10.1. The molecule has 1 aromatic carbocycles. The zero-order valence-corrected chi connectivity index (χ0v) is 9.88. The van der Waals surface area contributed by atoms with Crippen molar-refractivity contribution in [3.05, 3.63) is 39.7 Å². The Bertz CT molecular complexity index is 453. The molecule has 1 saturated heterocycles. The molecule has 0 saturated carbocycles. The van der Waals surface area contributed by atoms with E-state index in [-0.39, 0.29) is 18.2 Å². The second-order valence-corrected chi connectivity index (χ2v) is 4.60. The van der Waals surface area contributed by atoms with Gasteiger partial charge in [0, 0.05) is 31.3 Å². The molecule has 1 aromatic rings. The zero-order valence-electron chi connectivity index (χ0n) is 9.88. The average molecular weight is 254 g/mol. The van der Waals surface area contributed by atoms with Gasteiger partial charge in [-0.2, -0.15) is 0 Å². The Morgan fingerprint density at radius 1 is 1.56 bits per heavy atom. The van der Waals surface area contributed by atoms with Gasteiger partial charge < -0.3 is 5.11 Å². The summed E-state index contributed by atoms with van der Waals surface area (Å²) >= 11 is 0. The third-order valence-electron chi connectivity index (χ3n) is 3.26. The Morgan fingerprint density at radius 3 is 2.94 bits per heavy atom. The van der Waals surface area contributed by atoms with Crippen LogP contribution in [0.4, 0.5) is 10.1 Å². The summed E-state index contributed by atoms with van der Waals surface area (Å²) in [6.45, 7) is 1.95. The molecule has 1 aliphatic heterocycles. The maximum Gasteiger partial charge on any atom is 0.274 e. The Kier molecular flexibility index (Phi) is 3.88. The lowest BCUT2D eigenvalue weighted by Gasteiger charge is -2.15. The summed E-state index contributed by atoms with van der Waals surface area (Å²) in [5, 5.41) is 19.9. The van der Waals surface area contributed by atoms with E-state index in [9.17, 15) is 14.5 Å². The Morgan fingerprint density at radius 2 is 2.33 bits per heavy atom. The lowest BCUT2D eigenvalue weighted by Crippen LogP contribution is -2.21. The molecule has 0 radical (unpaired) electrons. The van der Waals surface area contributed by atoms with E-state index in [0.29, 0.717) is 18.7 Å². The first-order chi connectivity index (χ1) is 8.60. The average Bonchev–Trinajstić information content (AvgIpc) is 2.76. The molecule has 6 heteroatoms. The van der Waals surface area contributed by atoms with Crippen LogP contribution in [0.25, 0.3) is 0 Å². The first kappa shape index (κ1) is 12.9. The predicted octanol–water partition coefficient (Wildman–Crippen LogP) is 1.55. The molecular weight excluding hydrogens is 239 g/mol. The SMILES string of the molecule is O=[N+]([O-])c1ccc(F)cc1CN1CCC(CO)C1. The normalized spacial score (nSPS) is 20.2. The molecule has 0 aromatic heterocycles. The van der Waals surface area contributed by atoms with Crippen LogP contribution in [0.1, 0.15) is 12.0 Å². The monoisotopic (exact) mass is 254 g/mol. The molecule has 0 bridgehead atoms. The zero-order chi connectivity index (χ0) is 13.1. The minimum absolute atomic E-state index is 0.0520. The summed E-state index contributed by atoms with van der Waals surface area (Å²) in [4.78, 5) is 12.4. The van der Waals surface area contributed by atoms with Crippen LogP contribution in [0.3, 0.4) is 0 Å². The van der Waals surface area contributed by atoms with Crippen molar-refractivity contribution >= 4 is 5.69 Å². The van der Waals surface area contributed by atoms with E-state index in [4.69, 9.17) is 5.11 Å². The van der Waals surface area contributed by atoms with Gasteiger partial charge >= 0.3 is 0 Å². The van der Waals surface area contributed by atoms with E-state index in [1.165, 1.54) is 12.1 Å². The fraction of sp³-hybridized carbons (Fsp3) is 0.500. The smallest absolute Gasteiger partial charge is 0.274 e. The third-order valence-corrected chi connectivity index (χ3v) is 3.26. The number of nitro benzene ring substituents is 1. The van der Waals surface area contributed by atoms with E-state index in [2.05, 4.69) is 0 Å². The van der Waals surface area contributed by atoms with Crippen LogP contribution in [-0.4, -0.2) is 34.6 Å². The van der Waals surface area contributed by atoms with E-state index in [0.717, 1.165) is 19.0 Å². The molecule has 2 rings (SSSR count). The summed E-state index contributed by atoms with van der Waals surface area (Å²) in [5.41, 5.74) is 0.336. The molecule has 1 fully saturated rings. The highest BCUT2D eigenvalue weighted by Crippen LogP contribution is 2.24. The van der Waals surface area contributed by atoms with E-state index in [1.54, 1.807) is 0 Å². The molecule has 1 heterocycles. The van der Waals surface area contributed by atoms with Gasteiger partial charge in [0.05, 0.1) is 4.92 Å². The van der Waals surface area contributed by atoms with Crippen molar-refractivity contribution in [1.82, 2.24) is 4.90 Å². The van der Waals surface area contributed by atoms with Gasteiger partial charge in [-0.15, -0.1) is 0 Å². The van der Waals surface area contributed by atoms with E-state index in [1.807, 2.05) is 4.90 Å². The van der Waals surface area contributed by atoms with Gasteiger partial charge in [0.1, 0.15) is 5.82 Å². The molecule has 98 valence electrons. The van der Waals surface area contributed by atoms with Gasteiger partial charge in [0.25, 0.3) is 5.69 Å². The van der Waals surface area contributed by atoms with Crippen molar-refractivity contribution in [2.45, 2.75) is 13.0 Å². The number of hydrogen-bond donors (Lipinski definition) is 1. The predicted molar refractivity (Wildman–Crippen MR) is 63.5 cm³/mol. The number of halogens is 1. The van der Waals surface area contributed by atoms with Crippen LogP contribution in [0.2, 0.25) is 0 Å². The van der Waals surface area contributed by atoms with Gasteiger partial charge in [-0.3, -0.25) is 15.0 Å². The van der Waals surface area contributed by atoms with Crippen molar-refractivity contribution in [3.8, 4) is 0 Å². The van der Waals surface area contributed by atoms with Crippen molar-refractivity contribution < 1.29 is 14.4 Å². The highest BCUT2D eigenvalue weighted by atomic mass is 19.1. The number of likely N-dealkylation sites (tertiary alicyclic amines) is 1. The lowest BCUT2D eigenvalue weighted by molar-refractivity contribution is -0.385. The Labute approximate surface area is 104 Å². The number of benzene rings is 1. The minimum Gasteiger partial charge on any atom is -0.396 e. The fourth-order valence-corrected chi connectivity index (χ4v) is 2.31. The molecule has 0 spiro atoms. The Balaban J connectivity index is 2.13. The first-order valence-corrected chi connectivity index (χ1v) is 5.86. The maximum atomic E-state index is 13.1. The van der Waals surface area contributed by atoms with Crippen LogP contribution in [0.5, 0.6) is 0 Å². The van der Waals surface area contributed by atoms with Crippen molar-refractivity contribution in [2.75, 3.05) is 19.7 Å². The number of nitro groups is 1. The standard InChI is InChI=1S/C12H15FN2O3/c13-11-1-2-12(15(17)18)10(5-11)7-14-4-3-9(6-14)8-16/h1-2,5,9,16H,3-4,6-8H2. The molecule has 1 N–H and O–H groups in total. The quantitative estimate of drug-likeness (QED) is 0.654. The first-order valence-electron chi connectivity index (χ1n) is 5.86. The van der Waals surface area contributed by atoms with Crippen molar-refractivity contribution in [1.29, 1.82) is 0 Å². The molecule has 0 aliphatic carbocycles. The van der Waals surface area contributed by atoms with Gasteiger partial charge in [-0.1, -0.05) is 0 Å². The van der Waals surface area contributed by atoms with Crippen molar-refractivity contribution in [3.63, 3.8) is 0 Å². The topological polar surface area (TPSA) is 66.6 Å². The van der Waals surface area contributed by atoms with Crippen LogP contribution in [-0.2, 0) is 6.54 Å². The number of rotatable bonds is 4. The van der Waals surface area contributed by atoms with Crippen LogP contribution < -0.4 is 0 Å². The largest absolute Gasteiger partial charge is 0.396 e. The number of aliphatic hydroxyl groups excluding tert-OH is 1. The molecule has 1 aliphatic rings. The van der Waals surface area contributed by atoms with Gasteiger partial charge in [0.15, 0.2) is 0 Å². The summed E-state index contributed by atoms with van der Waals surface area (Å²) < 4.78 is 13.1. The highest BCUT2D eigenvalue weighted by molar-refractivity contribution is 5.40. The molecule has 0 amide bonds. The van der Waals surface area contributed by atoms with Crippen LogP contribution in [0, 0.1) is 21.8 Å². The summed E-state index contributed by atoms with van der Waals surface area (Å²) in [5.74, 6) is -0.244. The minimum atomic E-state index is -0.492. The maximum absolute atomic E-state index is 13.1. The van der Waals surface area contributed by atoms with E-state index >= 15 is 0 Å². The summed E-state index contributed by atoms with van der Waals surface area (Å²) in [7, 11) is 0. The molecular formula is C12H15FN2O3. The van der Waals surface area contributed by atoms with Gasteiger partial charge in [-0.05, 0) is 31.0 Å². The highest BCUT2D eigenvalue weighted by Gasteiger charge is 2.24. The molecule has 5 nitrogen and oxygen atoms in total. The second-order valence-electron chi connectivity index (χ2n) is 4.60. The van der Waals surface area contributed by atoms with E-state index < -0.39 is 10.7 Å². The summed E-state index contributed by atoms with van der Waals surface area (Å²) in [6.07, 6.45) is 0.875. The molecule has 1 unspecified atom stereocenters. The van der Waals surface area contributed by atoms with Crippen LogP contribution in [0.15, 0.2) is 18.2 Å². The molecule has 18 heavy (non-hydrogen) atoms. The number of nitrogens with zero attached hydrogens (tertiary/aromatic N) is 2. The van der Waals surface area contributed by atoms with Gasteiger partial charge in [0.2, 0.25) is 0 Å². The summed E-state index contributed by atoms with van der Waals surface area (Å²) in [6, 6.07) is 3.51. The Hall–Kier alpha value is -1.53. The number of hydrogen-bond acceptors (Lipinski definition) is 4. The third kappa shape index (κ3) is 2.83. The van der Waals surface area contributed by atoms with Crippen LogP contribution >= 0.6 is 0 Å². The number of aliphatic hydroxyl groups is 1.